The van der Waals surface area contributed by atoms with Crippen LogP contribution in [0.15, 0.2) is 18.2 Å². The van der Waals surface area contributed by atoms with Gasteiger partial charge in [0.25, 0.3) is 0 Å². The lowest BCUT2D eigenvalue weighted by atomic mass is 9.81. The van der Waals surface area contributed by atoms with Crippen molar-refractivity contribution in [2.45, 2.75) is 39.0 Å². The molecule has 1 fully saturated rings. The lowest BCUT2D eigenvalue weighted by molar-refractivity contribution is -0.123. The van der Waals surface area contributed by atoms with Gasteiger partial charge in [0, 0.05) is 18.5 Å². The number of primary amides is 1. The molecule has 1 aromatic rings. The minimum atomic E-state index is -0.201. The number of carbonyl (C=O) groups is 2. The highest BCUT2D eigenvalue weighted by atomic mass is 16.5. The van der Waals surface area contributed by atoms with E-state index in [1.165, 1.54) is 0 Å². The van der Waals surface area contributed by atoms with Crippen molar-refractivity contribution in [1.29, 1.82) is 0 Å². The van der Waals surface area contributed by atoms with Crippen molar-refractivity contribution in [1.82, 2.24) is 10.3 Å². The minimum absolute atomic E-state index is 0.00690. The standard InChI is InChI=1S/C17H25N3O3/c1-2-23-16-5-3-4-14(20-16)10-15(21)19-11-12-6-8-13(9-7-12)17(18)22/h3-5,12-13H,2,6-11H2,1H3,(H2,18,22)(H,19,21). The van der Waals surface area contributed by atoms with E-state index in [1.807, 2.05) is 19.1 Å². The molecule has 0 aliphatic heterocycles. The molecule has 1 aliphatic rings. The van der Waals surface area contributed by atoms with Crippen LogP contribution in [0.4, 0.5) is 0 Å². The average molecular weight is 319 g/mol. The van der Waals surface area contributed by atoms with Crippen LogP contribution in [0.3, 0.4) is 0 Å². The van der Waals surface area contributed by atoms with Crippen molar-refractivity contribution in [2.24, 2.45) is 17.6 Å². The summed E-state index contributed by atoms with van der Waals surface area (Å²) in [5.74, 6) is 0.739. The Labute approximate surface area is 136 Å². The Morgan fingerprint density at radius 2 is 2.04 bits per heavy atom. The van der Waals surface area contributed by atoms with Gasteiger partial charge in [-0.1, -0.05) is 6.07 Å². The Morgan fingerprint density at radius 1 is 1.30 bits per heavy atom. The third-order valence-electron chi connectivity index (χ3n) is 4.25. The Balaban J connectivity index is 1.73. The van der Waals surface area contributed by atoms with E-state index in [0.29, 0.717) is 30.6 Å². The smallest absolute Gasteiger partial charge is 0.226 e. The van der Waals surface area contributed by atoms with Gasteiger partial charge in [-0.05, 0) is 44.6 Å². The fourth-order valence-electron chi connectivity index (χ4n) is 2.92. The summed E-state index contributed by atoms with van der Waals surface area (Å²) in [4.78, 5) is 27.5. The van der Waals surface area contributed by atoms with E-state index in [1.54, 1.807) is 6.07 Å². The van der Waals surface area contributed by atoms with E-state index in [2.05, 4.69) is 10.3 Å². The highest BCUT2D eigenvalue weighted by Crippen LogP contribution is 2.28. The second-order valence-corrected chi connectivity index (χ2v) is 6.00. The summed E-state index contributed by atoms with van der Waals surface area (Å²) < 4.78 is 5.33. The van der Waals surface area contributed by atoms with Crippen LogP contribution in [0.2, 0.25) is 0 Å². The third kappa shape index (κ3) is 5.54. The molecule has 0 bridgehead atoms. The zero-order chi connectivity index (χ0) is 16.7. The van der Waals surface area contributed by atoms with Crippen molar-refractivity contribution < 1.29 is 14.3 Å². The van der Waals surface area contributed by atoms with Crippen LogP contribution in [0.25, 0.3) is 0 Å². The molecule has 3 N–H and O–H groups in total. The van der Waals surface area contributed by atoms with Gasteiger partial charge in [-0.2, -0.15) is 0 Å². The Morgan fingerprint density at radius 3 is 2.70 bits per heavy atom. The number of nitrogens with one attached hydrogen (secondary N) is 1. The van der Waals surface area contributed by atoms with Gasteiger partial charge in [-0.15, -0.1) is 0 Å². The number of rotatable bonds is 7. The number of hydrogen-bond acceptors (Lipinski definition) is 4. The van der Waals surface area contributed by atoms with E-state index in [-0.39, 0.29) is 24.2 Å². The molecule has 6 heteroatoms. The van der Waals surface area contributed by atoms with Gasteiger partial charge in [-0.25, -0.2) is 4.98 Å². The number of aromatic nitrogens is 1. The largest absolute Gasteiger partial charge is 0.478 e. The predicted octanol–water partition coefficient (Wildman–Crippen LogP) is 1.43. The molecule has 23 heavy (non-hydrogen) atoms. The van der Waals surface area contributed by atoms with Crippen LogP contribution < -0.4 is 15.8 Å². The zero-order valence-electron chi connectivity index (χ0n) is 13.6. The number of pyridine rings is 1. The van der Waals surface area contributed by atoms with Crippen LogP contribution >= 0.6 is 0 Å². The fourth-order valence-corrected chi connectivity index (χ4v) is 2.92. The molecule has 6 nitrogen and oxygen atoms in total. The van der Waals surface area contributed by atoms with E-state index >= 15 is 0 Å². The molecule has 2 amide bonds. The van der Waals surface area contributed by atoms with Crippen LogP contribution in [0.1, 0.15) is 38.3 Å². The first kappa shape index (κ1) is 17.2. The number of nitrogens with two attached hydrogens (primary N) is 1. The molecule has 0 saturated heterocycles. The van der Waals surface area contributed by atoms with Gasteiger partial charge in [0.1, 0.15) is 0 Å². The highest BCUT2D eigenvalue weighted by Gasteiger charge is 2.24. The van der Waals surface area contributed by atoms with E-state index < -0.39 is 0 Å². The monoisotopic (exact) mass is 319 g/mol. The number of amides is 2. The first-order valence-electron chi connectivity index (χ1n) is 8.23. The highest BCUT2D eigenvalue weighted by molar-refractivity contribution is 5.78. The summed E-state index contributed by atoms with van der Waals surface area (Å²) >= 11 is 0. The maximum atomic E-state index is 12.0. The maximum Gasteiger partial charge on any atom is 0.226 e. The van der Waals surface area contributed by atoms with Crippen molar-refractivity contribution in [3.8, 4) is 5.88 Å². The molecule has 0 aromatic carbocycles. The molecular weight excluding hydrogens is 294 g/mol. The van der Waals surface area contributed by atoms with Crippen molar-refractivity contribution in [2.75, 3.05) is 13.2 Å². The number of carbonyl (C=O) groups excluding carboxylic acids is 2. The van der Waals surface area contributed by atoms with Crippen LogP contribution in [-0.2, 0) is 16.0 Å². The molecule has 0 radical (unpaired) electrons. The zero-order valence-corrected chi connectivity index (χ0v) is 13.6. The Hall–Kier alpha value is -2.11. The van der Waals surface area contributed by atoms with Gasteiger partial charge in [0.05, 0.1) is 18.7 Å². The minimum Gasteiger partial charge on any atom is -0.478 e. The van der Waals surface area contributed by atoms with E-state index in [4.69, 9.17) is 10.5 Å². The Bertz CT molecular complexity index is 540. The van der Waals surface area contributed by atoms with E-state index in [9.17, 15) is 9.59 Å². The molecule has 0 atom stereocenters. The normalized spacial score (nSPS) is 20.7. The number of hydrogen-bond donors (Lipinski definition) is 2. The van der Waals surface area contributed by atoms with Crippen molar-refractivity contribution in [3.05, 3.63) is 23.9 Å². The number of nitrogens with zero attached hydrogens (tertiary/aromatic N) is 1. The molecule has 1 aliphatic carbocycles. The van der Waals surface area contributed by atoms with Gasteiger partial charge >= 0.3 is 0 Å². The molecule has 126 valence electrons. The second kappa shape index (κ2) is 8.50. The third-order valence-corrected chi connectivity index (χ3v) is 4.25. The molecule has 1 heterocycles. The molecule has 0 unspecified atom stereocenters. The first-order valence-corrected chi connectivity index (χ1v) is 8.23. The van der Waals surface area contributed by atoms with E-state index in [0.717, 1.165) is 25.7 Å². The average Bonchev–Trinajstić information content (AvgIpc) is 2.54. The second-order valence-electron chi connectivity index (χ2n) is 6.00. The molecule has 1 saturated carbocycles. The van der Waals surface area contributed by atoms with Crippen molar-refractivity contribution >= 4 is 11.8 Å². The maximum absolute atomic E-state index is 12.0. The SMILES string of the molecule is CCOc1cccc(CC(=O)NCC2CCC(C(N)=O)CC2)n1. The topological polar surface area (TPSA) is 94.3 Å². The van der Waals surface area contributed by atoms with Crippen LogP contribution in [0, 0.1) is 11.8 Å². The van der Waals surface area contributed by atoms with Gasteiger partial charge in [0.15, 0.2) is 0 Å². The molecule has 0 spiro atoms. The van der Waals surface area contributed by atoms with Gasteiger partial charge < -0.3 is 15.8 Å². The lowest BCUT2D eigenvalue weighted by Crippen LogP contribution is -2.34. The van der Waals surface area contributed by atoms with Crippen molar-refractivity contribution in [3.63, 3.8) is 0 Å². The summed E-state index contributed by atoms with van der Waals surface area (Å²) in [6.07, 6.45) is 3.77. The quantitative estimate of drug-likeness (QED) is 0.795. The van der Waals surface area contributed by atoms with Crippen LogP contribution in [0.5, 0.6) is 5.88 Å². The molecule has 2 rings (SSSR count). The molecular formula is C17H25N3O3. The summed E-state index contributed by atoms with van der Waals surface area (Å²) in [6, 6.07) is 5.44. The summed E-state index contributed by atoms with van der Waals surface area (Å²) in [7, 11) is 0. The summed E-state index contributed by atoms with van der Waals surface area (Å²) in [5, 5.41) is 2.96. The first-order chi connectivity index (χ1) is 11.1. The van der Waals surface area contributed by atoms with Gasteiger partial charge in [-0.3, -0.25) is 9.59 Å². The molecule has 1 aromatic heterocycles. The summed E-state index contributed by atoms with van der Waals surface area (Å²) in [6.45, 7) is 3.10. The Kier molecular flexibility index (Phi) is 6.38. The predicted molar refractivity (Wildman–Crippen MR) is 86.8 cm³/mol. The summed E-state index contributed by atoms with van der Waals surface area (Å²) in [5.41, 5.74) is 6.03. The number of ether oxygens (including phenoxy) is 1. The lowest BCUT2D eigenvalue weighted by Gasteiger charge is -2.26. The fraction of sp³-hybridized carbons (Fsp3) is 0.588. The van der Waals surface area contributed by atoms with Crippen LogP contribution in [-0.4, -0.2) is 29.9 Å². The van der Waals surface area contributed by atoms with Gasteiger partial charge in [0.2, 0.25) is 17.7 Å².